The van der Waals surface area contributed by atoms with E-state index in [0.29, 0.717) is 53.5 Å². The number of hydrogen-bond acceptors (Lipinski definition) is 5. The quantitative estimate of drug-likeness (QED) is 0.269. The van der Waals surface area contributed by atoms with E-state index in [-0.39, 0.29) is 45.6 Å². The summed E-state index contributed by atoms with van der Waals surface area (Å²) in [7, 11) is 2.23. The molecule has 1 amide bonds. The normalized spacial score (nSPS) is 46.6. The van der Waals surface area contributed by atoms with Crippen molar-refractivity contribution in [2.24, 2.45) is 68.0 Å². The Bertz CT molecular complexity index is 1390. The summed E-state index contributed by atoms with van der Waals surface area (Å²) in [4.78, 5) is 43.9. The number of esters is 1. The molecule has 2 heterocycles. The number of amides is 1. The summed E-state index contributed by atoms with van der Waals surface area (Å²) in [6, 6.07) is 0.981. The smallest absolute Gasteiger partial charge is 0.309 e. The van der Waals surface area contributed by atoms with Crippen LogP contribution in [-0.4, -0.2) is 71.1 Å². The van der Waals surface area contributed by atoms with Crippen molar-refractivity contribution in [3.63, 3.8) is 0 Å². The monoisotopic (exact) mass is 695 g/mol. The fourth-order valence-corrected chi connectivity index (χ4v) is 15.2. The Hall–Kier alpha value is -1.63. The van der Waals surface area contributed by atoms with E-state index in [9.17, 15) is 19.5 Å². The number of carboxylic acids is 1. The maximum absolute atomic E-state index is 14.3. The third-order valence-corrected chi connectivity index (χ3v) is 18.2. The van der Waals surface area contributed by atoms with E-state index in [1.54, 1.807) is 13.8 Å². The SMILES string of the molecule is CC(C)[C@@H]1CC[C@]2(CC(=O)N3CC4CC3CN4C)CC[C@]3(C)[C@H](CC[C@@H]4[C@@]5(C)CC[C@H](OC(=O)CC(C)(C)C(=O)O)C(C)(C)[C@@H]5CC[C@]43C)[C@@H]12. The van der Waals surface area contributed by atoms with Gasteiger partial charge in [0.2, 0.25) is 5.91 Å². The minimum atomic E-state index is -1.13. The summed E-state index contributed by atoms with van der Waals surface area (Å²) >= 11 is 0. The van der Waals surface area contributed by atoms with Gasteiger partial charge < -0.3 is 14.7 Å². The predicted octanol–water partition coefficient (Wildman–Crippen LogP) is 8.44. The highest BCUT2D eigenvalue weighted by Gasteiger charge is 2.71. The van der Waals surface area contributed by atoms with Crippen LogP contribution in [-0.2, 0) is 19.1 Å². The Morgan fingerprint density at radius 1 is 0.840 bits per heavy atom. The number of fused-ring (bicyclic) bond motifs is 9. The summed E-state index contributed by atoms with van der Waals surface area (Å²) in [5, 5.41) is 9.62. The second kappa shape index (κ2) is 11.9. The van der Waals surface area contributed by atoms with Crippen molar-refractivity contribution in [3.05, 3.63) is 0 Å². The van der Waals surface area contributed by atoms with Crippen LogP contribution in [0.5, 0.6) is 0 Å². The molecular weight excluding hydrogens is 624 g/mol. The summed E-state index contributed by atoms with van der Waals surface area (Å²) in [6.45, 7) is 22.7. The van der Waals surface area contributed by atoms with Gasteiger partial charge in [0, 0.05) is 37.0 Å². The van der Waals surface area contributed by atoms with E-state index in [4.69, 9.17) is 4.74 Å². The molecule has 2 saturated heterocycles. The molecule has 0 aromatic carbocycles. The summed E-state index contributed by atoms with van der Waals surface area (Å²) in [5.41, 5.74) is -0.472. The molecule has 7 heteroatoms. The largest absolute Gasteiger partial charge is 0.481 e. The minimum absolute atomic E-state index is 0.0978. The van der Waals surface area contributed by atoms with Gasteiger partial charge in [-0.05, 0) is 149 Å². The number of carbonyl (C=O) groups excluding carboxylic acids is 2. The summed E-state index contributed by atoms with van der Waals surface area (Å²) < 4.78 is 6.20. The Morgan fingerprint density at radius 2 is 1.56 bits per heavy atom. The van der Waals surface area contributed by atoms with Crippen LogP contribution in [0.2, 0.25) is 0 Å². The fraction of sp³-hybridized carbons (Fsp3) is 0.930. The highest BCUT2D eigenvalue weighted by molar-refractivity contribution is 5.81. The molecule has 2 aliphatic heterocycles. The number of ether oxygens (including phenoxy) is 1. The van der Waals surface area contributed by atoms with Crippen molar-refractivity contribution >= 4 is 17.8 Å². The molecule has 7 aliphatic rings. The number of nitrogens with zero attached hydrogens (tertiary/aromatic N) is 2. The topological polar surface area (TPSA) is 87.2 Å². The van der Waals surface area contributed by atoms with Crippen LogP contribution in [0.3, 0.4) is 0 Å². The molecule has 0 aromatic rings. The molecular formula is C43H70N2O5. The van der Waals surface area contributed by atoms with Gasteiger partial charge in [-0.1, -0.05) is 48.5 Å². The number of carbonyl (C=O) groups is 3. The highest BCUT2D eigenvalue weighted by Crippen LogP contribution is 2.78. The number of piperazine rings is 1. The van der Waals surface area contributed by atoms with Gasteiger partial charge in [-0.25, -0.2) is 0 Å². The summed E-state index contributed by atoms with van der Waals surface area (Å²) in [5.74, 6) is 2.86. The van der Waals surface area contributed by atoms with Crippen molar-refractivity contribution in [1.29, 1.82) is 0 Å². The van der Waals surface area contributed by atoms with Gasteiger partial charge in [0.25, 0.3) is 0 Å². The van der Waals surface area contributed by atoms with Crippen molar-refractivity contribution in [2.45, 2.75) is 164 Å². The Balaban J connectivity index is 1.12. The molecule has 12 atom stereocenters. The van der Waals surface area contributed by atoms with E-state index in [1.807, 2.05) is 0 Å². The Labute approximate surface area is 303 Å². The van der Waals surface area contributed by atoms with Crippen LogP contribution < -0.4 is 0 Å². The van der Waals surface area contributed by atoms with Gasteiger partial charge in [-0.15, -0.1) is 0 Å². The zero-order valence-corrected chi connectivity index (χ0v) is 33.3. The van der Waals surface area contributed by atoms with E-state index in [0.717, 1.165) is 45.2 Å². The lowest BCUT2D eigenvalue weighted by atomic mass is 9.32. The predicted molar refractivity (Wildman–Crippen MR) is 196 cm³/mol. The number of aliphatic carboxylic acids is 1. The second-order valence-corrected chi connectivity index (χ2v) is 21.4. The molecule has 7 rings (SSSR count). The Morgan fingerprint density at radius 3 is 2.18 bits per heavy atom. The standard InChI is InChI=1S/C43H70N2O5/c1-26(2)29-13-18-43(22-34(46)45-25-27-21-28(45)24-44(27)10)20-19-41(8)30(36(29)43)11-12-32-40(7)16-15-33(50-35(47)23-38(3,4)37(48)49)39(5,6)31(40)14-17-42(32,41)9/h26-33,36H,11-25H2,1-10H3,(H,48,49)/t27?,28?,29-,30+,31-,32+,33-,36+,40-,41+,42+,43+/m0/s1. The number of likely N-dealkylation sites (tertiary alicyclic amines) is 2. The first kappa shape index (κ1) is 36.7. The van der Waals surface area contributed by atoms with Crippen molar-refractivity contribution in [1.82, 2.24) is 9.80 Å². The molecule has 2 bridgehead atoms. The lowest BCUT2D eigenvalue weighted by Crippen LogP contribution is -2.67. The van der Waals surface area contributed by atoms with Crippen LogP contribution in [0.15, 0.2) is 0 Å². The molecule has 7 fully saturated rings. The molecule has 0 radical (unpaired) electrons. The van der Waals surface area contributed by atoms with E-state index < -0.39 is 11.4 Å². The van der Waals surface area contributed by atoms with E-state index >= 15 is 0 Å². The van der Waals surface area contributed by atoms with Gasteiger partial charge >= 0.3 is 11.9 Å². The average molecular weight is 695 g/mol. The van der Waals surface area contributed by atoms with Crippen LogP contribution in [0.25, 0.3) is 0 Å². The van der Waals surface area contributed by atoms with Crippen LogP contribution in [0.1, 0.15) is 146 Å². The minimum Gasteiger partial charge on any atom is -0.481 e. The third-order valence-electron chi connectivity index (χ3n) is 18.2. The maximum Gasteiger partial charge on any atom is 0.309 e. The second-order valence-electron chi connectivity index (χ2n) is 21.4. The molecule has 7 nitrogen and oxygen atoms in total. The van der Waals surface area contributed by atoms with Crippen LogP contribution >= 0.6 is 0 Å². The van der Waals surface area contributed by atoms with Crippen molar-refractivity contribution in [3.8, 4) is 0 Å². The first-order chi connectivity index (χ1) is 23.2. The number of rotatable bonds is 7. The third kappa shape index (κ3) is 5.21. The van der Waals surface area contributed by atoms with E-state index in [2.05, 4.69) is 65.3 Å². The zero-order chi connectivity index (χ0) is 36.4. The van der Waals surface area contributed by atoms with Gasteiger partial charge in [0.1, 0.15) is 6.10 Å². The lowest BCUT2D eigenvalue weighted by molar-refractivity contribution is -0.252. The van der Waals surface area contributed by atoms with E-state index in [1.165, 1.54) is 44.9 Å². The van der Waals surface area contributed by atoms with Gasteiger partial charge in [-0.2, -0.15) is 0 Å². The maximum atomic E-state index is 14.3. The van der Waals surface area contributed by atoms with Gasteiger partial charge in [0.05, 0.1) is 11.8 Å². The first-order valence-electron chi connectivity index (χ1n) is 20.6. The fourth-order valence-electron chi connectivity index (χ4n) is 15.2. The molecule has 5 saturated carbocycles. The summed E-state index contributed by atoms with van der Waals surface area (Å²) in [6.07, 6.45) is 13.5. The Kier molecular flexibility index (Phi) is 8.77. The van der Waals surface area contributed by atoms with Gasteiger partial charge in [0.15, 0.2) is 0 Å². The van der Waals surface area contributed by atoms with Crippen LogP contribution in [0.4, 0.5) is 0 Å². The highest BCUT2D eigenvalue weighted by atomic mass is 16.5. The molecule has 2 unspecified atom stereocenters. The molecule has 0 aromatic heterocycles. The molecule has 1 N–H and O–H groups in total. The number of hydrogen-bond donors (Lipinski definition) is 1. The number of carboxylic acid groups (broad SMARTS) is 1. The van der Waals surface area contributed by atoms with Crippen molar-refractivity contribution < 1.29 is 24.2 Å². The van der Waals surface area contributed by atoms with Gasteiger partial charge in [-0.3, -0.25) is 19.3 Å². The van der Waals surface area contributed by atoms with Crippen molar-refractivity contribution in [2.75, 3.05) is 20.1 Å². The zero-order valence-electron chi connectivity index (χ0n) is 33.3. The lowest BCUT2D eigenvalue weighted by Gasteiger charge is -2.73. The van der Waals surface area contributed by atoms with Crippen LogP contribution in [0, 0.1) is 68.0 Å². The molecule has 0 spiro atoms. The molecule has 50 heavy (non-hydrogen) atoms. The first-order valence-corrected chi connectivity index (χ1v) is 20.6. The average Bonchev–Trinajstić information content (AvgIpc) is 3.71. The molecule has 5 aliphatic carbocycles. The molecule has 282 valence electrons. The number of likely N-dealkylation sites (N-methyl/N-ethyl adjacent to an activating group) is 1.